The van der Waals surface area contributed by atoms with Gasteiger partial charge in [-0.1, -0.05) is 6.07 Å². The monoisotopic (exact) mass is 461 g/mol. The van der Waals surface area contributed by atoms with Crippen LogP contribution in [-0.4, -0.2) is 39.6 Å². The van der Waals surface area contributed by atoms with Crippen LogP contribution in [0.2, 0.25) is 0 Å². The third-order valence-electron chi connectivity index (χ3n) is 5.14. The molecule has 2 aromatic heterocycles. The van der Waals surface area contributed by atoms with Crippen LogP contribution in [-0.2, 0) is 0 Å². The molecule has 4 aromatic rings. The van der Waals surface area contributed by atoms with Crippen LogP contribution >= 0.6 is 12.6 Å². The second-order valence-electron chi connectivity index (χ2n) is 7.32. The summed E-state index contributed by atoms with van der Waals surface area (Å²) in [7, 11) is 1.56. The smallest absolute Gasteiger partial charge is 0.251 e. The summed E-state index contributed by atoms with van der Waals surface area (Å²) in [6.45, 7) is 0.409. The van der Waals surface area contributed by atoms with Gasteiger partial charge in [0.15, 0.2) is 0 Å². The van der Waals surface area contributed by atoms with Crippen LogP contribution in [0.25, 0.3) is 33.5 Å². The molecule has 4 rings (SSSR count). The number of phenols is 1. The highest BCUT2D eigenvalue weighted by atomic mass is 32.1. The Kier molecular flexibility index (Phi) is 6.50. The highest BCUT2D eigenvalue weighted by Gasteiger charge is 2.15. The van der Waals surface area contributed by atoms with E-state index < -0.39 is 0 Å². The van der Waals surface area contributed by atoms with Gasteiger partial charge < -0.3 is 25.9 Å². The van der Waals surface area contributed by atoms with Crippen molar-refractivity contribution in [2.75, 3.05) is 13.7 Å². The van der Waals surface area contributed by atoms with Gasteiger partial charge in [0, 0.05) is 36.0 Å². The van der Waals surface area contributed by atoms with Crippen LogP contribution in [0.3, 0.4) is 0 Å². The Labute approximate surface area is 195 Å². The molecule has 0 unspecified atom stereocenters. The molecule has 0 saturated carbocycles. The van der Waals surface area contributed by atoms with Gasteiger partial charge >= 0.3 is 0 Å². The van der Waals surface area contributed by atoms with E-state index in [1.165, 1.54) is 5.41 Å². The number of thiol groups is 1. The van der Waals surface area contributed by atoms with E-state index in [1.54, 1.807) is 43.6 Å². The number of pyridine rings is 1. The SMILES string of the molecule is COc1ncccc1-c1ccc(O)c(-c2nc3ccc(C(=O)NCC/C(N)=C/S)cc3[nH]2)c1. The van der Waals surface area contributed by atoms with E-state index in [9.17, 15) is 9.90 Å². The maximum atomic E-state index is 12.5. The average Bonchev–Trinajstić information content (AvgIpc) is 3.27. The third-order valence-corrected chi connectivity index (χ3v) is 5.47. The molecule has 0 radical (unpaired) electrons. The van der Waals surface area contributed by atoms with Crippen molar-refractivity contribution in [1.82, 2.24) is 20.3 Å². The molecular formula is C24H23N5O3S. The van der Waals surface area contributed by atoms with Crippen molar-refractivity contribution in [2.24, 2.45) is 5.73 Å². The van der Waals surface area contributed by atoms with Crippen LogP contribution in [0.5, 0.6) is 11.6 Å². The van der Waals surface area contributed by atoms with E-state index in [4.69, 9.17) is 10.5 Å². The first-order valence-corrected chi connectivity index (χ1v) is 10.7. The Balaban J connectivity index is 1.63. The van der Waals surface area contributed by atoms with Crippen LogP contribution in [0.1, 0.15) is 16.8 Å². The summed E-state index contributed by atoms with van der Waals surface area (Å²) in [5.41, 5.74) is 10.3. The van der Waals surface area contributed by atoms with Gasteiger partial charge in [0.1, 0.15) is 11.6 Å². The van der Waals surface area contributed by atoms with Crippen molar-refractivity contribution in [2.45, 2.75) is 6.42 Å². The summed E-state index contributed by atoms with van der Waals surface area (Å²) in [4.78, 5) is 24.5. The van der Waals surface area contributed by atoms with Gasteiger partial charge in [-0.05, 0) is 53.4 Å². The Morgan fingerprint density at radius 2 is 2.09 bits per heavy atom. The number of imidazole rings is 1. The lowest BCUT2D eigenvalue weighted by Crippen LogP contribution is -2.25. The lowest BCUT2D eigenvalue weighted by atomic mass is 10.0. The van der Waals surface area contributed by atoms with Crippen LogP contribution in [0.4, 0.5) is 0 Å². The number of H-pyrrole nitrogens is 1. The average molecular weight is 462 g/mol. The number of carbonyl (C=O) groups excluding carboxylic acids is 1. The zero-order valence-electron chi connectivity index (χ0n) is 17.9. The molecule has 0 spiro atoms. The van der Waals surface area contributed by atoms with Crippen molar-refractivity contribution in [3.05, 3.63) is 71.4 Å². The van der Waals surface area contributed by atoms with Gasteiger partial charge in [0.2, 0.25) is 5.88 Å². The molecular weight excluding hydrogens is 438 g/mol. The third kappa shape index (κ3) is 4.78. The normalized spacial score (nSPS) is 11.5. The maximum absolute atomic E-state index is 12.5. The standard InChI is InChI=1S/C24H23N5O3S/c1-32-24-17(3-2-9-27-24)14-5-7-21(30)18(11-14)22-28-19-6-4-15(12-20(19)29-22)23(31)26-10-8-16(25)13-33/h2-7,9,11-13,30,33H,8,10,25H2,1H3,(H,26,31)(H,28,29)/b16-13-. The topological polar surface area (TPSA) is 126 Å². The first kappa shape index (κ1) is 22.2. The van der Waals surface area contributed by atoms with E-state index in [0.717, 1.165) is 11.1 Å². The summed E-state index contributed by atoms with van der Waals surface area (Å²) in [5, 5.41) is 14.8. The van der Waals surface area contributed by atoms with Crippen molar-refractivity contribution >= 4 is 29.6 Å². The fraction of sp³-hybridized carbons (Fsp3) is 0.125. The minimum Gasteiger partial charge on any atom is -0.507 e. The molecule has 5 N–H and O–H groups in total. The van der Waals surface area contributed by atoms with Gasteiger partial charge in [-0.3, -0.25) is 4.79 Å². The molecule has 0 saturated heterocycles. The van der Waals surface area contributed by atoms with Gasteiger partial charge in [-0.25, -0.2) is 9.97 Å². The molecule has 9 heteroatoms. The molecule has 0 aliphatic rings. The number of nitrogens with zero attached hydrogens (tertiary/aromatic N) is 2. The molecule has 2 heterocycles. The highest BCUT2D eigenvalue weighted by Crippen LogP contribution is 2.35. The van der Waals surface area contributed by atoms with E-state index >= 15 is 0 Å². The largest absolute Gasteiger partial charge is 0.507 e. The lowest BCUT2D eigenvalue weighted by molar-refractivity contribution is 0.0954. The van der Waals surface area contributed by atoms with Crippen LogP contribution < -0.4 is 15.8 Å². The number of rotatable bonds is 7. The summed E-state index contributed by atoms with van der Waals surface area (Å²) < 4.78 is 5.36. The summed E-state index contributed by atoms with van der Waals surface area (Å²) in [6, 6.07) is 14.1. The molecule has 33 heavy (non-hydrogen) atoms. The number of ether oxygens (including phenoxy) is 1. The van der Waals surface area contributed by atoms with Crippen molar-refractivity contribution < 1.29 is 14.6 Å². The maximum Gasteiger partial charge on any atom is 0.251 e. The van der Waals surface area contributed by atoms with Crippen molar-refractivity contribution in [1.29, 1.82) is 0 Å². The quantitative estimate of drug-likeness (QED) is 0.266. The molecule has 1 amide bonds. The number of nitrogens with two attached hydrogens (primary N) is 1. The van der Waals surface area contributed by atoms with Crippen LogP contribution in [0, 0.1) is 0 Å². The molecule has 168 valence electrons. The first-order valence-electron chi connectivity index (χ1n) is 10.2. The number of amides is 1. The number of aromatic nitrogens is 3. The minimum atomic E-state index is -0.214. The van der Waals surface area contributed by atoms with E-state index in [0.29, 0.717) is 52.5 Å². The highest BCUT2D eigenvalue weighted by molar-refractivity contribution is 7.83. The molecule has 0 atom stereocenters. The fourth-order valence-electron chi connectivity index (χ4n) is 3.43. The predicted molar refractivity (Wildman–Crippen MR) is 131 cm³/mol. The van der Waals surface area contributed by atoms with Gasteiger partial charge in [-0.15, -0.1) is 12.6 Å². The Hall–Kier alpha value is -3.98. The van der Waals surface area contributed by atoms with Crippen molar-refractivity contribution in [3.63, 3.8) is 0 Å². The van der Waals surface area contributed by atoms with Gasteiger partial charge in [0.05, 0.1) is 23.7 Å². The Morgan fingerprint density at radius 1 is 1.24 bits per heavy atom. The van der Waals surface area contributed by atoms with Gasteiger partial charge in [-0.2, -0.15) is 0 Å². The second-order valence-corrected chi connectivity index (χ2v) is 7.58. The van der Waals surface area contributed by atoms with E-state index in [1.807, 2.05) is 18.2 Å². The fourth-order valence-corrected chi connectivity index (χ4v) is 3.56. The summed E-state index contributed by atoms with van der Waals surface area (Å²) >= 11 is 3.99. The molecule has 0 fully saturated rings. The van der Waals surface area contributed by atoms with Crippen LogP contribution in [0.15, 0.2) is 65.8 Å². The number of aromatic amines is 1. The van der Waals surface area contributed by atoms with E-state index in [2.05, 4.69) is 32.9 Å². The number of carbonyl (C=O) groups is 1. The van der Waals surface area contributed by atoms with Crippen molar-refractivity contribution in [3.8, 4) is 34.1 Å². The number of nitrogens with one attached hydrogen (secondary N) is 2. The number of hydrogen-bond acceptors (Lipinski definition) is 7. The molecule has 2 aromatic carbocycles. The molecule has 0 aliphatic carbocycles. The number of phenolic OH excluding ortho intramolecular Hbond substituents is 1. The second kappa shape index (κ2) is 9.66. The number of methoxy groups -OCH3 is 1. The molecule has 8 nitrogen and oxygen atoms in total. The zero-order chi connectivity index (χ0) is 23.4. The Bertz CT molecular complexity index is 1350. The molecule has 0 bridgehead atoms. The zero-order valence-corrected chi connectivity index (χ0v) is 18.8. The predicted octanol–water partition coefficient (Wildman–Crippen LogP) is 3.86. The number of fused-ring (bicyclic) bond motifs is 1. The summed E-state index contributed by atoms with van der Waals surface area (Å²) in [6.07, 6.45) is 2.17. The van der Waals surface area contributed by atoms with E-state index in [-0.39, 0.29) is 11.7 Å². The first-order chi connectivity index (χ1) is 16.0. The number of hydrogen-bond donors (Lipinski definition) is 5. The summed E-state index contributed by atoms with van der Waals surface area (Å²) in [5.74, 6) is 0.833. The minimum absolute atomic E-state index is 0.0773. The lowest BCUT2D eigenvalue weighted by Gasteiger charge is -2.09. The molecule has 0 aliphatic heterocycles. The van der Waals surface area contributed by atoms with Gasteiger partial charge in [0.25, 0.3) is 5.91 Å². The number of aromatic hydroxyl groups is 1. The Morgan fingerprint density at radius 3 is 2.88 bits per heavy atom. The number of benzene rings is 2.